The number of amides is 1. The van der Waals surface area contributed by atoms with Crippen LogP contribution in [0.25, 0.3) is 16.0 Å². The highest BCUT2D eigenvalue weighted by Crippen LogP contribution is 2.32. The normalized spacial score (nSPS) is 12.6. The van der Waals surface area contributed by atoms with Crippen molar-refractivity contribution >= 4 is 11.9 Å². The van der Waals surface area contributed by atoms with Gasteiger partial charge in [0.1, 0.15) is 5.82 Å². The van der Waals surface area contributed by atoms with Gasteiger partial charge in [0.25, 0.3) is 12.5 Å². The van der Waals surface area contributed by atoms with E-state index in [0.717, 1.165) is 17.5 Å². The van der Waals surface area contributed by atoms with Crippen molar-refractivity contribution in [2.45, 2.75) is 32.7 Å². The zero-order valence-electron chi connectivity index (χ0n) is 17.4. The number of anilines is 1. The molecule has 154 valence electrons. The van der Waals surface area contributed by atoms with Crippen molar-refractivity contribution in [3.05, 3.63) is 35.4 Å². The van der Waals surface area contributed by atoms with Crippen LogP contribution >= 0.6 is 0 Å². The molecule has 1 amide bonds. The summed E-state index contributed by atoms with van der Waals surface area (Å²) in [5.41, 5.74) is 1.06. The molecule has 0 saturated carbocycles. The van der Waals surface area contributed by atoms with Crippen molar-refractivity contribution in [3.8, 4) is 29.3 Å². The van der Waals surface area contributed by atoms with Gasteiger partial charge in [-0.15, -0.1) is 0 Å². The number of ether oxygens (including phenoxy) is 3. The molecule has 0 fully saturated rings. The van der Waals surface area contributed by atoms with Crippen molar-refractivity contribution in [1.29, 1.82) is 0 Å². The van der Waals surface area contributed by atoms with E-state index >= 15 is 0 Å². The summed E-state index contributed by atoms with van der Waals surface area (Å²) in [4.78, 5) is 23.8. The third-order valence-electron chi connectivity index (χ3n) is 4.23. The standard InChI is InChI=1S/C21H26N4O4/c1-14(2)11-21(3,22-4)13-29-19-17(27-5)9-16(12-24-19)15-7-8-23-18(10-15)25-20(26)28-6/h4,7-10,12,14H,11,13H2,1-3,5-6H3/p+1. The lowest BCUT2D eigenvalue weighted by Gasteiger charge is -2.17. The molecule has 8 heteroatoms. The minimum Gasteiger partial charge on any atom is -0.491 e. The molecule has 2 heterocycles. The van der Waals surface area contributed by atoms with Crippen LogP contribution in [0.1, 0.15) is 27.2 Å². The number of aromatic nitrogens is 2. The zero-order valence-corrected chi connectivity index (χ0v) is 17.4. The third-order valence-corrected chi connectivity index (χ3v) is 4.23. The van der Waals surface area contributed by atoms with Crippen LogP contribution in [0.2, 0.25) is 0 Å². The summed E-state index contributed by atoms with van der Waals surface area (Å²) in [6.45, 7) is 12.0. The first-order valence-electron chi connectivity index (χ1n) is 9.20. The van der Waals surface area contributed by atoms with Gasteiger partial charge in [-0.3, -0.25) is 5.32 Å². The second-order valence-electron chi connectivity index (χ2n) is 7.29. The third kappa shape index (κ3) is 6.07. The average Bonchev–Trinajstić information content (AvgIpc) is 2.71. The smallest absolute Gasteiger partial charge is 0.412 e. The molecule has 0 bridgehead atoms. The zero-order chi connectivity index (χ0) is 21.4. The fraction of sp³-hybridized carbons (Fsp3) is 0.429. The van der Waals surface area contributed by atoms with Gasteiger partial charge in [-0.1, -0.05) is 18.7 Å². The molecule has 8 nitrogen and oxygen atoms in total. The highest BCUT2D eigenvalue weighted by Gasteiger charge is 2.37. The predicted molar refractivity (Wildman–Crippen MR) is 112 cm³/mol. The van der Waals surface area contributed by atoms with E-state index in [1.54, 1.807) is 37.7 Å². The van der Waals surface area contributed by atoms with Crippen LogP contribution in [-0.4, -0.2) is 42.4 Å². The van der Waals surface area contributed by atoms with Gasteiger partial charge in [-0.2, -0.15) is 0 Å². The minimum atomic E-state index is -0.594. The van der Waals surface area contributed by atoms with E-state index in [0.29, 0.717) is 23.4 Å². The van der Waals surface area contributed by atoms with E-state index in [9.17, 15) is 4.79 Å². The lowest BCUT2D eigenvalue weighted by Crippen LogP contribution is -2.30. The highest BCUT2D eigenvalue weighted by atomic mass is 16.5. The number of methoxy groups -OCH3 is 2. The van der Waals surface area contributed by atoms with Crippen LogP contribution in [0.3, 0.4) is 0 Å². The first kappa shape index (κ1) is 22.0. The fourth-order valence-corrected chi connectivity index (χ4v) is 2.93. The summed E-state index contributed by atoms with van der Waals surface area (Å²) < 4.78 is 15.9. The molecule has 1 atom stereocenters. The molecule has 0 saturated heterocycles. The molecule has 2 rings (SSSR count). The second-order valence-corrected chi connectivity index (χ2v) is 7.29. The van der Waals surface area contributed by atoms with Gasteiger partial charge in [0, 0.05) is 31.3 Å². The maximum Gasteiger partial charge on any atom is 0.412 e. The molecule has 0 aliphatic heterocycles. The maximum absolute atomic E-state index is 11.4. The van der Waals surface area contributed by atoms with Crippen molar-refractivity contribution in [2.24, 2.45) is 5.92 Å². The summed E-state index contributed by atoms with van der Waals surface area (Å²) in [7, 11) is 2.84. The molecule has 2 aromatic rings. The Labute approximate surface area is 171 Å². The number of pyridine rings is 2. The summed E-state index contributed by atoms with van der Waals surface area (Å²) in [6.07, 6.45) is 3.44. The molecule has 0 aliphatic carbocycles. The second kappa shape index (κ2) is 9.73. The van der Waals surface area contributed by atoms with Crippen LogP contribution in [-0.2, 0) is 4.74 Å². The molecule has 29 heavy (non-hydrogen) atoms. The van der Waals surface area contributed by atoms with Gasteiger partial charge < -0.3 is 14.2 Å². The molecule has 1 N–H and O–H groups in total. The van der Waals surface area contributed by atoms with E-state index in [1.165, 1.54) is 7.11 Å². The van der Waals surface area contributed by atoms with Gasteiger partial charge in [-0.05, 0) is 29.7 Å². The molecule has 0 spiro atoms. The quantitative estimate of drug-likeness (QED) is 0.704. The SMILES string of the molecule is C#[N+]C(C)(COc1ncc(-c2ccnc(NC(=O)OC)c2)cc1OC)CC(C)C. The molecule has 0 aromatic carbocycles. The van der Waals surface area contributed by atoms with E-state index < -0.39 is 11.6 Å². The van der Waals surface area contributed by atoms with E-state index in [4.69, 9.17) is 16.0 Å². The maximum atomic E-state index is 11.4. The Balaban J connectivity index is 2.22. The van der Waals surface area contributed by atoms with E-state index in [1.807, 2.05) is 6.92 Å². The molecular formula is C21H27N4O4+. The first-order valence-corrected chi connectivity index (χ1v) is 9.20. The van der Waals surface area contributed by atoms with E-state index in [2.05, 4.69) is 38.7 Å². The Kier molecular flexibility index (Phi) is 7.37. The van der Waals surface area contributed by atoms with Crippen LogP contribution in [0.4, 0.5) is 10.6 Å². The number of hydrogen-bond donors (Lipinski definition) is 1. The van der Waals surface area contributed by atoms with Crippen molar-refractivity contribution in [2.75, 3.05) is 26.1 Å². The van der Waals surface area contributed by atoms with Gasteiger partial charge in [0.15, 0.2) is 12.4 Å². The average molecular weight is 399 g/mol. The number of nitrogens with one attached hydrogen (secondary N) is 1. The van der Waals surface area contributed by atoms with Gasteiger partial charge in [-0.25, -0.2) is 14.8 Å². The summed E-state index contributed by atoms with van der Waals surface area (Å²) in [6, 6.07) is 5.31. The van der Waals surface area contributed by atoms with Gasteiger partial charge in [0.05, 0.1) is 14.2 Å². The molecule has 0 aliphatic rings. The summed E-state index contributed by atoms with van der Waals surface area (Å²) in [5, 5.41) is 2.53. The van der Waals surface area contributed by atoms with Gasteiger partial charge in [0.2, 0.25) is 0 Å². The highest BCUT2D eigenvalue weighted by molar-refractivity contribution is 5.84. The van der Waals surface area contributed by atoms with Crippen LogP contribution < -0.4 is 14.8 Å². The molecular weight excluding hydrogens is 372 g/mol. The topological polar surface area (TPSA) is 86.9 Å². The Morgan fingerprint density at radius 2 is 2.03 bits per heavy atom. The van der Waals surface area contributed by atoms with Crippen LogP contribution in [0.15, 0.2) is 30.6 Å². The van der Waals surface area contributed by atoms with Gasteiger partial charge >= 0.3 is 11.6 Å². The van der Waals surface area contributed by atoms with Crippen LogP contribution in [0.5, 0.6) is 11.6 Å². The fourth-order valence-electron chi connectivity index (χ4n) is 2.93. The molecule has 2 aromatic heterocycles. The summed E-state index contributed by atoms with van der Waals surface area (Å²) in [5.74, 6) is 1.62. The monoisotopic (exact) mass is 399 g/mol. The Bertz CT molecular complexity index is 894. The number of nitrogens with zero attached hydrogens (tertiary/aromatic N) is 3. The lowest BCUT2D eigenvalue weighted by atomic mass is 9.92. The number of hydrogen-bond acceptors (Lipinski definition) is 6. The lowest BCUT2D eigenvalue weighted by molar-refractivity contribution is 0.187. The van der Waals surface area contributed by atoms with Crippen molar-refractivity contribution in [1.82, 2.24) is 9.97 Å². The van der Waals surface area contributed by atoms with Crippen molar-refractivity contribution in [3.63, 3.8) is 0 Å². The first-order chi connectivity index (χ1) is 13.8. The minimum absolute atomic E-state index is 0.285. The number of carbonyl (C=O) groups is 1. The Hall–Kier alpha value is -3.34. The number of rotatable bonds is 8. The number of carbonyl (C=O) groups excluding carboxylic acids is 1. The molecule has 0 radical (unpaired) electrons. The van der Waals surface area contributed by atoms with Crippen molar-refractivity contribution < 1.29 is 19.0 Å². The summed E-state index contributed by atoms with van der Waals surface area (Å²) >= 11 is 0. The Morgan fingerprint density at radius 1 is 1.28 bits per heavy atom. The van der Waals surface area contributed by atoms with E-state index in [-0.39, 0.29) is 6.61 Å². The predicted octanol–water partition coefficient (Wildman–Crippen LogP) is 4.48. The largest absolute Gasteiger partial charge is 0.491 e. The van der Waals surface area contributed by atoms with Crippen LogP contribution in [0, 0.1) is 12.5 Å². The molecule has 1 unspecified atom stereocenters. The Morgan fingerprint density at radius 3 is 2.66 bits per heavy atom.